The second-order valence-corrected chi connectivity index (χ2v) is 7.96. The van der Waals surface area contributed by atoms with Gasteiger partial charge in [-0.15, -0.1) is 0 Å². The number of fused-ring (bicyclic) bond motifs is 1. The van der Waals surface area contributed by atoms with Crippen molar-refractivity contribution in [3.8, 4) is 0 Å². The molecule has 3 aromatic rings. The minimum absolute atomic E-state index is 0.0789. The summed E-state index contributed by atoms with van der Waals surface area (Å²) >= 11 is 0. The molecule has 3 rings (SSSR count). The number of nitrogens with zero attached hydrogens (tertiary/aromatic N) is 2. The average Bonchev–Trinajstić information content (AvgIpc) is 3.18. The molecule has 0 spiro atoms. The van der Waals surface area contributed by atoms with Gasteiger partial charge in [0.15, 0.2) is 5.43 Å². The first-order valence-corrected chi connectivity index (χ1v) is 9.43. The molecule has 11 heteroatoms. The smallest absolute Gasteiger partial charge is 0.475 e. The minimum Gasteiger partial charge on any atom is -0.475 e. The summed E-state index contributed by atoms with van der Waals surface area (Å²) in [7, 11) is 1.78. The highest BCUT2D eigenvalue weighted by atomic mass is 19.4. The van der Waals surface area contributed by atoms with E-state index < -0.39 is 12.1 Å². The Morgan fingerprint density at radius 1 is 1.19 bits per heavy atom. The molecule has 0 saturated heterocycles. The number of nitrogens with one attached hydrogen (secondary N) is 2. The maximum Gasteiger partial charge on any atom is 0.490 e. The summed E-state index contributed by atoms with van der Waals surface area (Å²) in [5, 5.41) is 10.6. The van der Waals surface area contributed by atoms with E-state index >= 15 is 0 Å². The van der Waals surface area contributed by atoms with Crippen LogP contribution in [0.25, 0.3) is 10.9 Å². The lowest BCUT2D eigenvalue weighted by atomic mass is 9.96. The lowest BCUT2D eigenvalue weighted by Crippen LogP contribution is -2.28. The van der Waals surface area contributed by atoms with E-state index in [1.165, 1.54) is 6.07 Å². The highest BCUT2D eigenvalue weighted by molar-refractivity contribution is 5.95. The summed E-state index contributed by atoms with van der Waals surface area (Å²) < 4.78 is 33.5. The zero-order valence-corrected chi connectivity index (χ0v) is 17.9. The Balaban J connectivity index is 0.000000451. The molecule has 172 valence electrons. The number of carboxylic acids is 1. The molecule has 0 fully saturated rings. The predicted octanol–water partition coefficient (Wildman–Crippen LogP) is 3.12. The zero-order valence-electron chi connectivity index (χ0n) is 17.9. The molecule has 0 atom stereocenters. The molecule has 0 saturated carbocycles. The molecule has 0 radical (unpaired) electrons. The lowest BCUT2D eigenvalue weighted by Gasteiger charge is -2.14. The molecule has 1 aromatic carbocycles. The monoisotopic (exact) mass is 452 g/mol. The number of aryl methyl sites for hydroxylation is 1. The molecule has 2 aromatic heterocycles. The van der Waals surface area contributed by atoms with Crippen molar-refractivity contribution < 1.29 is 27.9 Å². The number of imidazole rings is 1. The summed E-state index contributed by atoms with van der Waals surface area (Å²) in [6.07, 6.45) is -3.36. The molecule has 0 aliphatic carbocycles. The standard InChI is InChI=1S/C19H22N4O2.C2HF3O2/c1-19(2,3)18-21-11-12(22-18)10-20-17(25)15-9-16(24)13-7-5-6-8-14(13)23(15)4;3-2(4,5)1(6)7/h5-9,11H,10H2,1-4H3,(H,20,25)(H,21,22);(H,6,7). The molecule has 0 unspecified atom stereocenters. The first-order valence-electron chi connectivity index (χ1n) is 9.43. The largest absolute Gasteiger partial charge is 0.490 e. The number of aromatic amines is 1. The first kappa shape index (κ1) is 24.6. The zero-order chi connectivity index (χ0) is 24.3. The minimum atomic E-state index is -5.08. The van der Waals surface area contributed by atoms with Gasteiger partial charge >= 0.3 is 12.1 Å². The van der Waals surface area contributed by atoms with Crippen LogP contribution in [0, 0.1) is 0 Å². The number of para-hydroxylation sites is 1. The van der Waals surface area contributed by atoms with Crippen LogP contribution in [0.1, 0.15) is 42.8 Å². The number of hydrogen-bond donors (Lipinski definition) is 3. The highest BCUT2D eigenvalue weighted by Gasteiger charge is 2.38. The van der Waals surface area contributed by atoms with Crippen LogP contribution in [-0.2, 0) is 23.8 Å². The van der Waals surface area contributed by atoms with Gasteiger partial charge in [-0.3, -0.25) is 9.59 Å². The summed E-state index contributed by atoms with van der Waals surface area (Å²) in [4.78, 5) is 41.2. The summed E-state index contributed by atoms with van der Waals surface area (Å²) in [5.41, 5.74) is 1.65. The van der Waals surface area contributed by atoms with Crippen molar-refractivity contribution in [3.05, 3.63) is 64.0 Å². The number of aromatic nitrogens is 3. The summed E-state index contributed by atoms with van der Waals surface area (Å²) in [6, 6.07) is 8.64. The van der Waals surface area contributed by atoms with E-state index in [9.17, 15) is 22.8 Å². The van der Waals surface area contributed by atoms with Gasteiger partial charge < -0.3 is 20.0 Å². The Labute approximate surface area is 181 Å². The molecule has 0 aliphatic rings. The summed E-state index contributed by atoms with van der Waals surface area (Å²) in [6.45, 7) is 6.53. The number of aliphatic carboxylic acids is 1. The highest BCUT2D eigenvalue weighted by Crippen LogP contribution is 2.18. The van der Waals surface area contributed by atoms with Crippen molar-refractivity contribution in [2.45, 2.75) is 38.9 Å². The van der Waals surface area contributed by atoms with Crippen molar-refractivity contribution in [2.24, 2.45) is 7.05 Å². The summed E-state index contributed by atoms with van der Waals surface area (Å²) in [5.74, 6) is -2.18. The van der Waals surface area contributed by atoms with E-state index in [0.29, 0.717) is 17.6 Å². The number of halogens is 3. The van der Waals surface area contributed by atoms with Gasteiger partial charge in [0.2, 0.25) is 0 Å². The Hall–Kier alpha value is -3.63. The topological polar surface area (TPSA) is 117 Å². The number of hydrogen-bond acceptors (Lipinski definition) is 4. The van der Waals surface area contributed by atoms with E-state index in [1.807, 2.05) is 18.2 Å². The second kappa shape index (κ2) is 9.25. The van der Waals surface area contributed by atoms with Crippen LogP contribution >= 0.6 is 0 Å². The molecule has 0 bridgehead atoms. The van der Waals surface area contributed by atoms with Crippen molar-refractivity contribution in [1.29, 1.82) is 0 Å². The van der Waals surface area contributed by atoms with E-state index in [2.05, 4.69) is 36.1 Å². The molecule has 8 nitrogen and oxygen atoms in total. The van der Waals surface area contributed by atoms with Crippen LogP contribution < -0.4 is 10.7 Å². The van der Waals surface area contributed by atoms with Gasteiger partial charge in [-0.2, -0.15) is 13.2 Å². The maximum atomic E-state index is 12.5. The average molecular weight is 452 g/mol. The van der Waals surface area contributed by atoms with Crippen molar-refractivity contribution in [1.82, 2.24) is 19.9 Å². The van der Waals surface area contributed by atoms with E-state index in [1.54, 1.807) is 23.9 Å². The Kier molecular flexibility index (Phi) is 7.12. The Morgan fingerprint density at radius 3 is 2.31 bits per heavy atom. The SMILES string of the molecule is Cn1c(C(=O)NCc2cnc(C(C)(C)C)[nH]2)cc(=O)c2ccccc21.O=C(O)C(F)(F)F. The molecule has 0 aliphatic heterocycles. The molecule has 1 amide bonds. The molecule has 3 N–H and O–H groups in total. The number of amides is 1. The van der Waals surface area contributed by atoms with Crippen LogP contribution in [-0.4, -0.2) is 37.7 Å². The van der Waals surface area contributed by atoms with Crippen molar-refractivity contribution >= 4 is 22.8 Å². The fourth-order valence-corrected chi connectivity index (χ4v) is 2.72. The van der Waals surface area contributed by atoms with Gasteiger partial charge in [-0.25, -0.2) is 9.78 Å². The van der Waals surface area contributed by atoms with E-state index in [-0.39, 0.29) is 16.8 Å². The van der Waals surface area contributed by atoms with E-state index in [4.69, 9.17) is 9.90 Å². The molecular weight excluding hydrogens is 429 g/mol. The predicted molar refractivity (Wildman–Crippen MR) is 111 cm³/mol. The van der Waals surface area contributed by atoms with Crippen LogP contribution in [0.5, 0.6) is 0 Å². The van der Waals surface area contributed by atoms with Crippen LogP contribution in [0.3, 0.4) is 0 Å². The number of alkyl halides is 3. The number of carbonyl (C=O) groups excluding carboxylic acids is 1. The third-order valence-corrected chi connectivity index (χ3v) is 4.41. The van der Waals surface area contributed by atoms with Crippen LogP contribution in [0.15, 0.2) is 41.3 Å². The Morgan fingerprint density at radius 2 is 1.78 bits per heavy atom. The fraction of sp³-hybridized carbons (Fsp3) is 0.333. The molecule has 32 heavy (non-hydrogen) atoms. The number of carbonyl (C=O) groups is 2. The third-order valence-electron chi connectivity index (χ3n) is 4.41. The number of benzene rings is 1. The van der Waals surface area contributed by atoms with Gasteiger partial charge in [-0.05, 0) is 12.1 Å². The number of pyridine rings is 1. The number of carboxylic acid groups (broad SMARTS) is 1. The van der Waals surface area contributed by atoms with Gasteiger partial charge in [0, 0.05) is 23.9 Å². The normalized spacial score (nSPS) is 11.6. The van der Waals surface area contributed by atoms with Gasteiger partial charge in [-0.1, -0.05) is 32.9 Å². The van der Waals surface area contributed by atoms with Crippen molar-refractivity contribution in [3.63, 3.8) is 0 Å². The van der Waals surface area contributed by atoms with Gasteiger partial charge in [0.1, 0.15) is 11.5 Å². The van der Waals surface area contributed by atoms with Crippen LogP contribution in [0.2, 0.25) is 0 Å². The quantitative estimate of drug-likeness (QED) is 0.565. The fourth-order valence-electron chi connectivity index (χ4n) is 2.72. The second-order valence-electron chi connectivity index (χ2n) is 7.96. The lowest BCUT2D eigenvalue weighted by molar-refractivity contribution is -0.192. The number of H-pyrrole nitrogens is 1. The van der Waals surface area contributed by atoms with Gasteiger partial charge in [0.05, 0.1) is 24.0 Å². The Bertz CT molecular complexity index is 1190. The number of rotatable bonds is 3. The molecule has 2 heterocycles. The maximum absolute atomic E-state index is 12.5. The van der Waals surface area contributed by atoms with Crippen LogP contribution in [0.4, 0.5) is 13.2 Å². The van der Waals surface area contributed by atoms with Crippen molar-refractivity contribution in [2.75, 3.05) is 0 Å². The first-order chi connectivity index (χ1) is 14.7. The molecular formula is C21H23F3N4O4. The van der Waals surface area contributed by atoms with E-state index in [0.717, 1.165) is 17.0 Å². The van der Waals surface area contributed by atoms with Gasteiger partial charge in [0.25, 0.3) is 5.91 Å². The third kappa shape index (κ3) is 5.96.